The molecule has 0 aliphatic rings. The third kappa shape index (κ3) is 4.36. The zero-order valence-electron chi connectivity index (χ0n) is 14.3. The van der Waals surface area contributed by atoms with Crippen LogP contribution in [0.4, 0.5) is 0 Å². The van der Waals surface area contributed by atoms with Gasteiger partial charge in [0.05, 0.1) is 5.69 Å². The first kappa shape index (κ1) is 17.1. The van der Waals surface area contributed by atoms with Crippen molar-refractivity contribution in [2.45, 2.75) is 40.3 Å². The van der Waals surface area contributed by atoms with Gasteiger partial charge in [-0.15, -0.1) is 0 Å². The van der Waals surface area contributed by atoms with Crippen molar-refractivity contribution in [3.63, 3.8) is 0 Å². The van der Waals surface area contributed by atoms with Crippen molar-refractivity contribution in [3.05, 3.63) is 53.1 Å². The van der Waals surface area contributed by atoms with Gasteiger partial charge in [-0.25, -0.2) is 9.97 Å². The Bertz CT molecular complexity index is 663. The Hall–Kier alpha value is -2.27. The molecule has 0 bridgehead atoms. The molecule has 1 atom stereocenters. The van der Waals surface area contributed by atoms with Gasteiger partial charge in [-0.2, -0.15) is 0 Å². The van der Waals surface area contributed by atoms with Crippen LogP contribution in [0.3, 0.4) is 0 Å². The van der Waals surface area contributed by atoms with E-state index in [1.165, 1.54) is 12.5 Å². The summed E-state index contributed by atoms with van der Waals surface area (Å²) in [6.07, 6.45) is 3.33. The quantitative estimate of drug-likeness (QED) is 0.626. The predicted octanol–water partition coefficient (Wildman–Crippen LogP) is 3.21. The number of aromatic nitrogens is 2. The first-order chi connectivity index (χ1) is 10.9. The van der Waals surface area contributed by atoms with Gasteiger partial charge in [0, 0.05) is 25.7 Å². The zero-order chi connectivity index (χ0) is 17.0. The summed E-state index contributed by atoms with van der Waals surface area (Å²) < 4.78 is 5.28. The molecule has 0 saturated heterocycles. The smallest absolute Gasteiger partial charge is 0.308 e. The van der Waals surface area contributed by atoms with Gasteiger partial charge in [0.15, 0.2) is 0 Å². The van der Waals surface area contributed by atoms with Gasteiger partial charge in [-0.05, 0) is 50.6 Å². The first-order valence-electron chi connectivity index (χ1n) is 7.63. The number of rotatable bonds is 5. The van der Waals surface area contributed by atoms with E-state index in [4.69, 9.17) is 4.74 Å². The molecule has 0 N–H and O–H groups in total. The highest BCUT2D eigenvalue weighted by atomic mass is 16.5. The Morgan fingerprint density at radius 1 is 1.30 bits per heavy atom. The molecule has 1 aromatic carbocycles. The van der Waals surface area contributed by atoms with Crippen LogP contribution < -0.4 is 4.74 Å². The lowest BCUT2D eigenvalue weighted by Gasteiger charge is -2.24. The van der Waals surface area contributed by atoms with Crippen molar-refractivity contribution in [1.29, 1.82) is 0 Å². The number of ether oxygens (including phenoxy) is 1. The van der Waals surface area contributed by atoms with E-state index in [2.05, 4.69) is 41.0 Å². The Morgan fingerprint density at radius 2 is 1.96 bits per heavy atom. The highest BCUT2D eigenvalue weighted by Crippen LogP contribution is 2.27. The molecular weight excluding hydrogens is 290 g/mol. The standard InChI is InChI=1S/C18H23N3O2/c1-12-8-16(9-13(2)18(12)23-15(4)22)10-21(5)14(3)17-6-7-19-11-20-17/h6-9,11,14H,10H2,1-5H3. The molecule has 0 amide bonds. The van der Waals surface area contributed by atoms with Gasteiger partial charge in [0.1, 0.15) is 12.1 Å². The average molecular weight is 313 g/mol. The molecular formula is C18H23N3O2. The van der Waals surface area contributed by atoms with Crippen LogP contribution in [0.25, 0.3) is 0 Å². The predicted molar refractivity (Wildman–Crippen MR) is 89.1 cm³/mol. The van der Waals surface area contributed by atoms with Gasteiger partial charge < -0.3 is 4.74 Å². The second kappa shape index (κ2) is 7.33. The van der Waals surface area contributed by atoms with Gasteiger partial charge in [-0.3, -0.25) is 9.69 Å². The second-order valence-electron chi connectivity index (χ2n) is 5.88. The van der Waals surface area contributed by atoms with Gasteiger partial charge in [0.25, 0.3) is 0 Å². The number of benzene rings is 1. The second-order valence-corrected chi connectivity index (χ2v) is 5.88. The fraction of sp³-hybridized carbons (Fsp3) is 0.389. The molecule has 0 spiro atoms. The monoisotopic (exact) mass is 313 g/mol. The molecule has 5 heteroatoms. The SMILES string of the molecule is CC(=O)Oc1c(C)cc(CN(C)C(C)c2ccncn2)cc1C. The molecule has 0 aliphatic carbocycles. The fourth-order valence-corrected chi connectivity index (χ4v) is 2.63. The summed E-state index contributed by atoms with van der Waals surface area (Å²) in [5.74, 6) is 0.367. The maximum Gasteiger partial charge on any atom is 0.308 e. The maximum atomic E-state index is 11.2. The Labute approximate surface area is 137 Å². The highest BCUT2D eigenvalue weighted by molar-refractivity contribution is 5.70. The van der Waals surface area contributed by atoms with E-state index in [1.54, 1.807) is 12.5 Å². The minimum atomic E-state index is -0.293. The van der Waals surface area contributed by atoms with Gasteiger partial charge >= 0.3 is 5.97 Å². The molecule has 2 aromatic rings. The molecule has 0 saturated carbocycles. The van der Waals surface area contributed by atoms with Crippen LogP contribution in [0.2, 0.25) is 0 Å². The highest BCUT2D eigenvalue weighted by Gasteiger charge is 2.15. The summed E-state index contributed by atoms with van der Waals surface area (Å²) >= 11 is 0. The van der Waals surface area contributed by atoms with Crippen LogP contribution in [0.1, 0.15) is 42.3 Å². The van der Waals surface area contributed by atoms with E-state index < -0.39 is 0 Å². The van der Waals surface area contributed by atoms with Crippen LogP contribution in [0.5, 0.6) is 5.75 Å². The fourth-order valence-electron chi connectivity index (χ4n) is 2.63. The molecule has 1 unspecified atom stereocenters. The summed E-state index contributed by atoms with van der Waals surface area (Å²) in [6.45, 7) is 8.25. The largest absolute Gasteiger partial charge is 0.426 e. The lowest BCUT2D eigenvalue weighted by atomic mass is 10.0. The summed E-state index contributed by atoms with van der Waals surface area (Å²) in [7, 11) is 2.07. The van der Waals surface area contributed by atoms with E-state index in [-0.39, 0.29) is 12.0 Å². The molecule has 1 aromatic heterocycles. The van der Waals surface area contributed by atoms with Crippen LogP contribution in [0.15, 0.2) is 30.7 Å². The number of nitrogens with zero attached hydrogens (tertiary/aromatic N) is 3. The molecule has 1 heterocycles. The van der Waals surface area contributed by atoms with Crippen molar-refractivity contribution >= 4 is 5.97 Å². The number of carbonyl (C=O) groups excluding carboxylic acids is 1. The third-order valence-corrected chi connectivity index (χ3v) is 3.89. The van der Waals surface area contributed by atoms with Crippen molar-refractivity contribution in [2.75, 3.05) is 7.05 Å². The maximum absolute atomic E-state index is 11.2. The average Bonchev–Trinajstić information content (AvgIpc) is 2.51. The first-order valence-corrected chi connectivity index (χ1v) is 7.63. The molecule has 5 nitrogen and oxygen atoms in total. The Balaban J connectivity index is 2.15. The van der Waals surface area contributed by atoms with Crippen molar-refractivity contribution in [2.24, 2.45) is 0 Å². The molecule has 2 rings (SSSR count). The Kier molecular flexibility index (Phi) is 5.45. The lowest BCUT2D eigenvalue weighted by Crippen LogP contribution is -2.23. The van der Waals surface area contributed by atoms with E-state index in [1.807, 2.05) is 19.9 Å². The zero-order valence-corrected chi connectivity index (χ0v) is 14.3. The number of hydrogen-bond donors (Lipinski definition) is 0. The van der Waals surface area contributed by atoms with Crippen molar-refractivity contribution < 1.29 is 9.53 Å². The number of aryl methyl sites for hydroxylation is 2. The van der Waals surface area contributed by atoms with E-state index in [9.17, 15) is 4.79 Å². The van der Waals surface area contributed by atoms with E-state index in [0.29, 0.717) is 5.75 Å². The van der Waals surface area contributed by atoms with Crippen LogP contribution >= 0.6 is 0 Å². The van der Waals surface area contributed by atoms with Crippen LogP contribution in [-0.4, -0.2) is 27.9 Å². The number of carbonyl (C=O) groups is 1. The summed E-state index contributed by atoms with van der Waals surface area (Å²) in [6, 6.07) is 6.25. The molecule has 0 fully saturated rings. The van der Waals surface area contributed by atoms with Crippen molar-refractivity contribution in [1.82, 2.24) is 14.9 Å². The topological polar surface area (TPSA) is 55.3 Å². The van der Waals surface area contributed by atoms with Crippen LogP contribution in [-0.2, 0) is 11.3 Å². The van der Waals surface area contributed by atoms with E-state index >= 15 is 0 Å². The minimum absolute atomic E-state index is 0.187. The molecule has 0 radical (unpaired) electrons. The van der Waals surface area contributed by atoms with Crippen LogP contribution in [0, 0.1) is 13.8 Å². The molecule has 23 heavy (non-hydrogen) atoms. The van der Waals surface area contributed by atoms with Gasteiger partial charge in [0.2, 0.25) is 0 Å². The van der Waals surface area contributed by atoms with E-state index in [0.717, 1.165) is 23.4 Å². The summed E-state index contributed by atoms with van der Waals surface area (Å²) in [5, 5.41) is 0. The molecule has 0 aliphatic heterocycles. The summed E-state index contributed by atoms with van der Waals surface area (Å²) in [5.41, 5.74) is 4.11. The Morgan fingerprint density at radius 3 is 2.48 bits per heavy atom. The minimum Gasteiger partial charge on any atom is -0.426 e. The van der Waals surface area contributed by atoms with Crippen molar-refractivity contribution in [3.8, 4) is 5.75 Å². The normalized spacial score (nSPS) is 12.3. The summed E-state index contributed by atoms with van der Waals surface area (Å²) in [4.78, 5) is 21.7. The number of hydrogen-bond acceptors (Lipinski definition) is 5. The van der Waals surface area contributed by atoms with Gasteiger partial charge in [-0.1, -0.05) is 12.1 Å². The molecule has 122 valence electrons. The third-order valence-electron chi connectivity index (χ3n) is 3.89. The number of esters is 1. The lowest BCUT2D eigenvalue weighted by molar-refractivity contribution is -0.131.